The first-order valence-corrected chi connectivity index (χ1v) is 10.9. The van der Waals surface area contributed by atoms with E-state index in [-0.39, 0.29) is 24.8 Å². The average Bonchev–Trinajstić information content (AvgIpc) is 3.20. The van der Waals surface area contributed by atoms with Crippen molar-refractivity contribution in [3.63, 3.8) is 0 Å². The van der Waals surface area contributed by atoms with E-state index in [2.05, 4.69) is 15.3 Å². The van der Waals surface area contributed by atoms with Crippen molar-refractivity contribution in [3.05, 3.63) is 59.4 Å². The van der Waals surface area contributed by atoms with Crippen LogP contribution in [0.25, 0.3) is 10.2 Å². The van der Waals surface area contributed by atoms with Gasteiger partial charge < -0.3 is 20.4 Å². The van der Waals surface area contributed by atoms with Crippen LogP contribution in [0.5, 0.6) is 0 Å². The molecular formula is C22H26N4O4S. The van der Waals surface area contributed by atoms with Crippen LogP contribution in [0.15, 0.2) is 48.2 Å². The van der Waals surface area contributed by atoms with Crippen molar-refractivity contribution in [3.8, 4) is 0 Å². The largest absolute Gasteiger partial charge is 0.465 e. The summed E-state index contributed by atoms with van der Waals surface area (Å²) in [5, 5.41) is 22.5. The minimum Gasteiger partial charge on any atom is -0.465 e. The van der Waals surface area contributed by atoms with Gasteiger partial charge in [-0.2, -0.15) is 0 Å². The normalized spacial score (nSPS) is 13.2. The highest BCUT2D eigenvalue weighted by Crippen LogP contribution is 2.21. The molecule has 2 amide bonds. The molecule has 2 heterocycles. The predicted molar refractivity (Wildman–Crippen MR) is 119 cm³/mol. The number of carbonyl (C=O) groups is 2. The van der Waals surface area contributed by atoms with Crippen molar-refractivity contribution >= 4 is 33.6 Å². The van der Waals surface area contributed by atoms with E-state index in [1.807, 2.05) is 19.9 Å². The molecule has 2 atom stereocenters. The van der Waals surface area contributed by atoms with Gasteiger partial charge in [0.05, 0.1) is 27.9 Å². The number of aliphatic hydroxyl groups excluding tert-OH is 1. The van der Waals surface area contributed by atoms with Crippen LogP contribution in [0.3, 0.4) is 0 Å². The lowest BCUT2D eigenvalue weighted by Crippen LogP contribution is -2.50. The molecule has 0 bridgehead atoms. The molecule has 0 saturated carbocycles. The van der Waals surface area contributed by atoms with Crippen LogP contribution in [-0.4, -0.2) is 62.3 Å². The molecule has 31 heavy (non-hydrogen) atoms. The summed E-state index contributed by atoms with van der Waals surface area (Å²) in [6.45, 7) is 4.41. The number of nitrogens with zero attached hydrogens (tertiary/aromatic N) is 3. The number of thiazole rings is 1. The summed E-state index contributed by atoms with van der Waals surface area (Å²) in [5.74, 6) is -0.0361. The van der Waals surface area contributed by atoms with E-state index in [1.165, 1.54) is 11.3 Å². The van der Waals surface area contributed by atoms with Gasteiger partial charge in [-0.3, -0.25) is 9.78 Å². The van der Waals surface area contributed by atoms with Gasteiger partial charge in [0.2, 0.25) is 0 Å². The summed E-state index contributed by atoms with van der Waals surface area (Å²) >= 11 is 1.46. The van der Waals surface area contributed by atoms with Crippen LogP contribution < -0.4 is 5.32 Å². The molecule has 3 N–H and O–H groups in total. The lowest BCUT2D eigenvalue weighted by molar-refractivity contribution is 0.0509. The highest BCUT2D eigenvalue weighted by atomic mass is 32.1. The number of rotatable bonds is 9. The molecule has 0 aliphatic carbocycles. The second kappa shape index (κ2) is 10.3. The van der Waals surface area contributed by atoms with Gasteiger partial charge in [-0.05, 0) is 42.2 Å². The lowest BCUT2D eigenvalue weighted by Gasteiger charge is -2.31. The molecule has 2 aromatic heterocycles. The average molecular weight is 443 g/mol. The van der Waals surface area contributed by atoms with Gasteiger partial charge in [0, 0.05) is 31.0 Å². The fourth-order valence-corrected chi connectivity index (χ4v) is 4.14. The summed E-state index contributed by atoms with van der Waals surface area (Å²) in [4.78, 5) is 34.4. The SMILES string of the molecule is CC(C)CN(C[C@@H](O)[C@H](Cc1cccnc1)NC(=O)O)C(=O)c1ccc2ncsc2c1. The standard InChI is InChI=1S/C22H26N4O4S/c1-14(2)11-26(21(28)16-5-6-17-20(9-16)31-13-24-17)12-19(27)18(25-22(29)30)8-15-4-3-7-23-10-15/h3-7,9-10,13-14,18-19,25,27H,8,11-12H2,1-2H3,(H,29,30)/t18-,19+/m0/s1. The third-order valence-electron chi connectivity index (χ3n) is 4.81. The summed E-state index contributed by atoms with van der Waals surface area (Å²) in [6.07, 6.45) is 1.20. The summed E-state index contributed by atoms with van der Waals surface area (Å²) in [5.41, 5.74) is 3.87. The minimum atomic E-state index is -1.23. The Morgan fingerprint density at radius 1 is 1.23 bits per heavy atom. The molecule has 0 aliphatic heterocycles. The highest BCUT2D eigenvalue weighted by Gasteiger charge is 2.27. The number of carbonyl (C=O) groups excluding carboxylic acids is 1. The quantitative estimate of drug-likeness (QED) is 0.469. The molecule has 0 unspecified atom stereocenters. The van der Waals surface area contributed by atoms with Gasteiger partial charge >= 0.3 is 6.09 Å². The van der Waals surface area contributed by atoms with Crippen LogP contribution in [-0.2, 0) is 6.42 Å². The molecular weight excluding hydrogens is 416 g/mol. The molecule has 9 heteroatoms. The van der Waals surface area contributed by atoms with E-state index in [0.717, 1.165) is 15.8 Å². The zero-order valence-electron chi connectivity index (χ0n) is 17.4. The number of aromatic nitrogens is 2. The highest BCUT2D eigenvalue weighted by molar-refractivity contribution is 7.16. The molecule has 8 nitrogen and oxygen atoms in total. The Kier molecular flexibility index (Phi) is 7.54. The van der Waals surface area contributed by atoms with Crippen molar-refractivity contribution < 1.29 is 19.8 Å². The van der Waals surface area contributed by atoms with Crippen LogP contribution in [0.4, 0.5) is 4.79 Å². The van der Waals surface area contributed by atoms with Crippen molar-refractivity contribution in [2.75, 3.05) is 13.1 Å². The van der Waals surface area contributed by atoms with Crippen LogP contribution >= 0.6 is 11.3 Å². The maximum atomic E-state index is 13.2. The number of benzene rings is 1. The van der Waals surface area contributed by atoms with Gasteiger partial charge in [0.25, 0.3) is 5.91 Å². The predicted octanol–water partition coefficient (Wildman–Crippen LogP) is 3.03. The van der Waals surface area contributed by atoms with Gasteiger partial charge in [0.15, 0.2) is 0 Å². The van der Waals surface area contributed by atoms with E-state index in [9.17, 15) is 19.8 Å². The molecule has 0 radical (unpaired) electrons. The molecule has 3 rings (SSSR count). The third kappa shape index (κ3) is 6.22. The van der Waals surface area contributed by atoms with Gasteiger partial charge in [-0.15, -0.1) is 11.3 Å². The number of nitrogens with one attached hydrogen (secondary N) is 1. The Balaban J connectivity index is 1.79. The smallest absolute Gasteiger partial charge is 0.404 e. The summed E-state index contributed by atoms with van der Waals surface area (Å²) < 4.78 is 0.915. The maximum absolute atomic E-state index is 13.2. The Hall–Kier alpha value is -3.04. The topological polar surface area (TPSA) is 116 Å². The van der Waals surface area contributed by atoms with Crippen molar-refractivity contribution in [2.24, 2.45) is 5.92 Å². The summed E-state index contributed by atoms with van der Waals surface area (Å²) in [7, 11) is 0. The molecule has 164 valence electrons. The monoisotopic (exact) mass is 442 g/mol. The summed E-state index contributed by atoms with van der Waals surface area (Å²) in [6, 6.07) is 8.12. The molecule has 1 aromatic carbocycles. The Labute approximate surface area is 184 Å². The first kappa shape index (κ1) is 22.6. The third-order valence-corrected chi connectivity index (χ3v) is 5.60. The van der Waals surface area contributed by atoms with Gasteiger partial charge in [0.1, 0.15) is 0 Å². The number of aliphatic hydroxyl groups is 1. The van der Waals surface area contributed by atoms with Crippen LogP contribution in [0.1, 0.15) is 29.8 Å². The van der Waals surface area contributed by atoms with E-state index in [0.29, 0.717) is 12.1 Å². The molecule has 0 fully saturated rings. The zero-order valence-corrected chi connectivity index (χ0v) is 18.2. The Morgan fingerprint density at radius 2 is 2.03 bits per heavy atom. The van der Waals surface area contributed by atoms with E-state index >= 15 is 0 Å². The van der Waals surface area contributed by atoms with Crippen LogP contribution in [0.2, 0.25) is 0 Å². The second-order valence-electron chi connectivity index (χ2n) is 7.83. The van der Waals surface area contributed by atoms with E-state index < -0.39 is 18.2 Å². The fourth-order valence-electron chi connectivity index (χ4n) is 3.42. The number of carboxylic acid groups (broad SMARTS) is 1. The zero-order chi connectivity index (χ0) is 22.4. The first-order valence-electron chi connectivity index (χ1n) is 10.0. The Bertz CT molecular complexity index is 1020. The van der Waals surface area contributed by atoms with E-state index in [1.54, 1.807) is 47.1 Å². The Morgan fingerprint density at radius 3 is 2.71 bits per heavy atom. The molecule has 3 aromatic rings. The molecule has 0 saturated heterocycles. The first-order chi connectivity index (χ1) is 14.8. The number of hydrogen-bond donors (Lipinski definition) is 3. The fraction of sp³-hybridized carbons (Fsp3) is 0.364. The maximum Gasteiger partial charge on any atom is 0.404 e. The number of pyridine rings is 1. The molecule has 0 spiro atoms. The molecule has 0 aliphatic rings. The van der Waals surface area contributed by atoms with Crippen molar-refractivity contribution in [1.82, 2.24) is 20.2 Å². The minimum absolute atomic E-state index is 0.00293. The van der Waals surface area contributed by atoms with Crippen LogP contribution in [0, 0.1) is 5.92 Å². The number of fused-ring (bicyclic) bond motifs is 1. The lowest BCUT2D eigenvalue weighted by atomic mass is 10.0. The van der Waals surface area contributed by atoms with Crippen molar-refractivity contribution in [1.29, 1.82) is 0 Å². The van der Waals surface area contributed by atoms with Crippen molar-refractivity contribution in [2.45, 2.75) is 32.4 Å². The van der Waals surface area contributed by atoms with Gasteiger partial charge in [-0.25, -0.2) is 9.78 Å². The van der Waals surface area contributed by atoms with E-state index in [4.69, 9.17) is 0 Å². The number of hydrogen-bond acceptors (Lipinski definition) is 6. The number of amides is 2. The van der Waals surface area contributed by atoms with Gasteiger partial charge in [-0.1, -0.05) is 19.9 Å². The second-order valence-corrected chi connectivity index (χ2v) is 8.71.